The van der Waals surface area contributed by atoms with Crippen molar-refractivity contribution in [2.24, 2.45) is 0 Å². The number of rotatable bonds is 5. The largest absolute Gasteiger partial charge is 0.208 e. The second-order valence-corrected chi connectivity index (χ2v) is 13.9. The van der Waals surface area contributed by atoms with E-state index in [9.17, 15) is 0 Å². The Kier molecular flexibility index (Phi) is 7.00. The van der Waals surface area contributed by atoms with Crippen molar-refractivity contribution in [3.05, 3.63) is 176 Å². The lowest BCUT2D eigenvalue weighted by atomic mass is 9.98. The maximum absolute atomic E-state index is 5.19. The van der Waals surface area contributed by atoms with Crippen LogP contribution < -0.4 is 0 Å². The Morgan fingerprint density at radius 1 is 0.314 bits per heavy atom. The summed E-state index contributed by atoms with van der Waals surface area (Å²) < 4.78 is 2.43. The zero-order chi connectivity index (χ0) is 33.7. The normalized spacial score (nSPS) is 11.5. The zero-order valence-corrected chi connectivity index (χ0v) is 28.3. The lowest BCUT2D eigenvalue weighted by Gasteiger charge is -2.11. The topological polar surface area (TPSA) is 38.7 Å². The summed E-state index contributed by atoms with van der Waals surface area (Å²) in [5.74, 6) is 1.97. The lowest BCUT2D eigenvalue weighted by molar-refractivity contribution is 1.08. The maximum atomic E-state index is 5.19. The average Bonchev–Trinajstić information content (AvgIpc) is 3.59. The number of hydrogen-bond acceptors (Lipinski definition) is 4. The van der Waals surface area contributed by atoms with Gasteiger partial charge >= 0.3 is 0 Å². The zero-order valence-electron chi connectivity index (χ0n) is 27.5. The summed E-state index contributed by atoms with van der Waals surface area (Å²) in [6.07, 6.45) is 0. The van der Waals surface area contributed by atoms with Gasteiger partial charge in [-0.1, -0.05) is 146 Å². The van der Waals surface area contributed by atoms with Gasteiger partial charge in [0.2, 0.25) is 0 Å². The maximum Gasteiger partial charge on any atom is 0.165 e. The van der Waals surface area contributed by atoms with Gasteiger partial charge in [-0.15, -0.1) is 11.3 Å². The molecule has 2 aromatic heterocycles. The molecular weight excluding hydrogens is 639 g/mol. The van der Waals surface area contributed by atoms with Crippen molar-refractivity contribution in [2.75, 3.05) is 0 Å². The first-order valence-corrected chi connectivity index (χ1v) is 17.9. The summed E-state index contributed by atoms with van der Waals surface area (Å²) >= 11 is 1.79. The molecule has 0 aliphatic carbocycles. The van der Waals surface area contributed by atoms with Crippen molar-refractivity contribution in [3.8, 4) is 56.4 Å². The summed E-state index contributed by atoms with van der Waals surface area (Å²) in [5.41, 5.74) is 7.62. The molecule has 0 bridgehead atoms. The average molecular weight is 668 g/mol. The molecule has 0 N–H and O–H groups in total. The smallest absolute Gasteiger partial charge is 0.165 e. The van der Waals surface area contributed by atoms with Crippen LogP contribution in [0.5, 0.6) is 0 Å². The van der Waals surface area contributed by atoms with Gasteiger partial charge in [0.15, 0.2) is 17.5 Å². The standard InChI is InChI=1S/C47H29N3S/c1-2-9-30(10-3-1)32-17-22-34(23-18-32)45-48-46(50-47(49-45)42-15-8-14-41-40-13-6-7-16-43(40)51-44(41)42)38-26-21-33-20-25-37(28-39(33)29-38)36-24-19-31-11-4-5-12-35(31)27-36/h1-29H. The third kappa shape index (κ3) is 5.34. The van der Waals surface area contributed by atoms with E-state index in [-0.39, 0.29) is 0 Å². The molecule has 2 heterocycles. The predicted octanol–water partition coefficient (Wildman–Crippen LogP) is 12.9. The molecule has 51 heavy (non-hydrogen) atoms. The quantitative estimate of drug-likeness (QED) is 0.183. The molecule has 0 saturated heterocycles. The number of benzene rings is 8. The van der Waals surface area contributed by atoms with Crippen molar-refractivity contribution in [3.63, 3.8) is 0 Å². The fourth-order valence-electron chi connectivity index (χ4n) is 7.05. The number of thiophene rings is 1. The third-order valence-electron chi connectivity index (χ3n) is 9.71. The molecule has 0 unspecified atom stereocenters. The van der Waals surface area contributed by atoms with Crippen LogP contribution in [0.3, 0.4) is 0 Å². The molecule has 3 nitrogen and oxygen atoms in total. The molecule has 8 aromatic carbocycles. The molecule has 0 amide bonds. The Morgan fingerprint density at radius 2 is 0.843 bits per heavy atom. The molecule has 0 atom stereocenters. The van der Waals surface area contributed by atoms with E-state index in [4.69, 9.17) is 15.0 Å². The van der Waals surface area contributed by atoms with Gasteiger partial charge in [-0.3, -0.25) is 0 Å². The molecule has 0 radical (unpaired) electrons. The van der Waals surface area contributed by atoms with Crippen LogP contribution in [0.15, 0.2) is 176 Å². The molecule has 0 saturated carbocycles. The Bertz CT molecular complexity index is 2910. The molecule has 10 aromatic rings. The first-order valence-electron chi connectivity index (χ1n) is 17.1. The number of hydrogen-bond donors (Lipinski definition) is 0. The van der Waals surface area contributed by atoms with Crippen molar-refractivity contribution >= 4 is 53.1 Å². The highest BCUT2D eigenvalue weighted by Gasteiger charge is 2.17. The molecular formula is C47H29N3S. The first kappa shape index (κ1) is 29.4. The van der Waals surface area contributed by atoms with Crippen LogP contribution in [0.4, 0.5) is 0 Å². The van der Waals surface area contributed by atoms with Gasteiger partial charge in [0.1, 0.15) is 0 Å². The minimum Gasteiger partial charge on any atom is -0.208 e. The van der Waals surface area contributed by atoms with Crippen molar-refractivity contribution in [2.45, 2.75) is 0 Å². The number of fused-ring (bicyclic) bond motifs is 5. The number of aromatic nitrogens is 3. The SMILES string of the molecule is c1ccc(-c2ccc(-c3nc(-c4ccc5ccc(-c6ccc7ccccc7c6)cc5c4)nc(-c4cccc5c4sc4ccccc45)n3)cc2)cc1. The summed E-state index contributed by atoms with van der Waals surface area (Å²) in [5, 5.41) is 7.26. The molecule has 10 rings (SSSR count). The van der Waals surface area contributed by atoms with E-state index in [1.165, 1.54) is 53.0 Å². The van der Waals surface area contributed by atoms with Crippen LogP contribution in [0.1, 0.15) is 0 Å². The summed E-state index contributed by atoms with van der Waals surface area (Å²) in [4.78, 5) is 15.5. The highest BCUT2D eigenvalue weighted by atomic mass is 32.1. The minimum absolute atomic E-state index is 0.651. The molecule has 0 aliphatic rings. The van der Waals surface area contributed by atoms with Crippen LogP contribution in [-0.2, 0) is 0 Å². The monoisotopic (exact) mass is 667 g/mol. The Morgan fingerprint density at radius 3 is 1.65 bits per heavy atom. The van der Waals surface area contributed by atoms with Crippen LogP contribution in [0.25, 0.3) is 98.1 Å². The van der Waals surface area contributed by atoms with Gasteiger partial charge < -0.3 is 0 Å². The predicted molar refractivity (Wildman–Crippen MR) is 215 cm³/mol. The molecule has 238 valence electrons. The van der Waals surface area contributed by atoms with Gasteiger partial charge in [0, 0.05) is 36.9 Å². The van der Waals surface area contributed by atoms with Gasteiger partial charge in [-0.05, 0) is 74.1 Å². The van der Waals surface area contributed by atoms with Crippen LogP contribution in [0, 0.1) is 0 Å². The summed E-state index contributed by atoms with van der Waals surface area (Å²) in [6, 6.07) is 62.3. The lowest BCUT2D eigenvalue weighted by Crippen LogP contribution is -2.00. The minimum atomic E-state index is 0.651. The van der Waals surface area contributed by atoms with E-state index in [1.807, 2.05) is 6.07 Å². The second kappa shape index (κ2) is 12.1. The molecule has 0 spiro atoms. The highest BCUT2D eigenvalue weighted by Crippen LogP contribution is 2.40. The van der Waals surface area contributed by atoms with Gasteiger partial charge in [0.05, 0.1) is 0 Å². The van der Waals surface area contributed by atoms with Crippen LogP contribution >= 0.6 is 11.3 Å². The summed E-state index contributed by atoms with van der Waals surface area (Å²) in [7, 11) is 0. The van der Waals surface area contributed by atoms with Gasteiger partial charge in [0.25, 0.3) is 0 Å². The van der Waals surface area contributed by atoms with Crippen LogP contribution in [-0.4, -0.2) is 15.0 Å². The fourth-order valence-corrected chi connectivity index (χ4v) is 8.27. The second-order valence-electron chi connectivity index (χ2n) is 12.9. The van der Waals surface area contributed by atoms with E-state index < -0.39 is 0 Å². The third-order valence-corrected chi connectivity index (χ3v) is 10.9. The molecule has 0 fully saturated rings. The Balaban J connectivity index is 1.13. The van der Waals surface area contributed by atoms with E-state index in [0.29, 0.717) is 17.5 Å². The van der Waals surface area contributed by atoms with Crippen molar-refractivity contribution in [1.29, 1.82) is 0 Å². The van der Waals surface area contributed by atoms with E-state index in [2.05, 4.69) is 170 Å². The summed E-state index contributed by atoms with van der Waals surface area (Å²) in [6.45, 7) is 0. The molecule has 4 heteroatoms. The van der Waals surface area contributed by atoms with E-state index >= 15 is 0 Å². The van der Waals surface area contributed by atoms with Gasteiger partial charge in [-0.25, -0.2) is 15.0 Å². The Hall–Kier alpha value is -6.49. The van der Waals surface area contributed by atoms with E-state index in [0.717, 1.165) is 27.6 Å². The molecule has 0 aliphatic heterocycles. The number of nitrogens with zero attached hydrogens (tertiary/aromatic N) is 3. The van der Waals surface area contributed by atoms with E-state index in [1.54, 1.807) is 11.3 Å². The fraction of sp³-hybridized carbons (Fsp3) is 0. The van der Waals surface area contributed by atoms with Gasteiger partial charge in [-0.2, -0.15) is 0 Å². The van der Waals surface area contributed by atoms with Crippen molar-refractivity contribution < 1.29 is 0 Å². The van der Waals surface area contributed by atoms with Crippen LogP contribution in [0.2, 0.25) is 0 Å². The Labute approximate surface area is 299 Å². The first-order chi connectivity index (χ1) is 25.2. The van der Waals surface area contributed by atoms with Crippen molar-refractivity contribution in [1.82, 2.24) is 15.0 Å². The highest BCUT2D eigenvalue weighted by molar-refractivity contribution is 7.26.